The van der Waals surface area contributed by atoms with Crippen molar-refractivity contribution in [1.82, 2.24) is 24.1 Å². The van der Waals surface area contributed by atoms with Crippen LogP contribution in [-0.2, 0) is 0 Å². The van der Waals surface area contributed by atoms with Crippen molar-refractivity contribution in [3.63, 3.8) is 0 Å². The summed E-state index contributed by atoms with van der Waals surface area (Å²) in [6.07, 6.45) is 0. The summed E-state index contributed by atoms with van der Waals surface area (Å²) >= 11 is 1.66. The first-order valence-corrected chi connectivity index (χ1v) is 23.7. The second-order valence-electron chi connectivity index (χ2n) is 17.2. The molecule has 0 aliphatic rings. The van der Waals surface area contributed by atoms with Gasteiger partial charge < -0.3 is 9.13 Å². The molecule has 69 heavy (non-hydrogen) atoms. The summed E-state index contributed by atoms with van der Waals surface area (Å²) < 4.78 is 51.1. The third-order valence-corrected chi connectivity index (χ3v) is 14.5. The summed E-state index contributed by atoms with van der Waals surface area (Å²) in [6.45, 7) is 0. The van der Waals surface area contributed by atoms with Crippen LogP contribution in [0.4, 0.5) is 0 Å². The highest BCUT2D eigenvalue weighted by Gasteiger charge is 2.24. The van der Waals surface area contributed by atoms with Crippen LogP contribution in [0.1, 0.15) is 6.85 Å². The van der Waals surface area contributed by atoms with Gasteiger partial charge >= 0.3 is 0 Å². The van der Waals surface area contributed by atoms with Crippen molar-refractivity contribution in [1.29, 1.82) is 0 Å². The van der Waals surface area contributed by atoms with E-state index in [4.69, 9.17) is 19.1 Å². The summed E-state index contributed by atoms with van der Waals surface area (Å²) in [7, 11) is 0. The Labute approximate surface area is 408 Å². The monoisotopic (exact) mass is 902 g/mol. The van der Waals surface area contributed by atoms with Gasteiger partial charge in [0.25, 0.3) is 0 Å². The van der Waals surface area contributed by atoms with Crippen LogP contribution in [0.3, 0.4) is 0 Å². The van der Waals surface area contributed by atoms with Crippen LogP contribution < -0.4 is 0 Å². The van der Waals surface area contributed by atoms with Crippen molar-refractivity contribution in [2.45, 2.75) is 0 Å². The van der Waals surface area contributed by atoms with E-state index in [-0.39, 0.29) is 11.4 Å². The molecule has 4 heterocycles. The van der Waals surface area contributed by atoms with E-state index in [2.05, 4.69) is 167 Å². The Morgan fingerprint density at radius 1 is 0.348 bits per heavy atom. The molecule has 14 aromatic rings. The average molecular weight is 903 g/mol. The predicted octanol–water partition coefficient (Wildman–Crippen LogP) is 16.8. The van der Waals surface area contributed by atoms with E-state index in [1.807, 2.05) is 48.5 Å². The third kappa shape index (κ3) is 6.34. The molecule has 0 bridgehead atoms. The van der Waals surface area contributed by atoms with Crippen molar-refractivity contribution < 1.29 is 6.85 Å². The fourth-order valence-electron chi connectivity index (χ4n) is 10.3. The van der Waals surface area contributed by atoms with Crippen LogP contribution in [-0.4, -0.2) is 24.1 Å². The van der Waals surface area contributed by atoms with Gasteiger partial charge in [-0.25, -0.2) is 15.0 Å². The Balaban J connectivity index is 1.11. The van der Waals surface area contributed by atoms with Gasteiger partial charge in [0.05, 0.1) is 28.9 Å². The van der Waals surface area contributed by atoms with Crippen LogP contribution in [0.15, 0.2) is 236 Å². The molecule has 0 unspecified atom stereocenters. The minimum Gasteiger partial charge on any atom is -0.309 e. The van der Waals surface area contributed by atoms with Crippen LogP contribution in [0.25, 0.3) is 132 Å². The van der Waals surface area contributed by atoms with E-state index >= 15 is 0 Å². The molecule has 0 N–H and O–H groups in total. The smallest absolute Gasteiger partial charge is 0.165 e. The summed E-state index contributed by atoms with van der Waals surface area (Å²) in [6, 6.07) is 69.2. The summed E-state index contributed by atoms with van der Waals surface area (Å²) in [5.41, 5.74) is 11.6. The second-order valence-corrected chi connectivity index (χ2v) is 18.2. The van der Waals surface area contributed by atoms with E-state index < -0.39 is 30.2 Å². The zero-order valence-corrected chi connectivity index (χ0v) is 37.6. The topological polar surface area (TPSA) is 48.5 Å². The lowest BCUT2D eigenvalue weighted by atomic mass is 9.95. The average Bonchev–Trinajstić information content (AvgIpc) is 4.13. The zero-order chi connectivity index (χ0) is 49.8. The molecular weight excluding hydrogens is 859 g/mol. The van der Waals surface area contributed by atoms with Gasteiger partial charge in [0.1, 0.15) is 0 Å². The van der Waals surface area contributed by atoms with Gasteiger partial charge in [-0.1, -0.05) is 176 Å². The van der Waals surface area contributed by atoms with Crippen molar-refractivity contribution in [2.75, 3.05) is 0 Å². The van der Waals surface area contributed by atoms with Crippen LogP contribution in [0, 0.1) is 0 Å². The number of hydrogen-bond donors (Lipinski definition) is 0. The normalized spacial score (nSPS) is 12.8. The second kappa shape index (κ2) is 15.8. The molecule has 0 fully saturated rings. The molecular formula is C63H39N5S. The fraction of sp³-hybridized carbons (Fsp3) is 0. The van der Waals surface area contributed by atoms with Crippen molar-refractivity contribution >= 4 is 75.1 Å². The van der Waals surface area contributed by atoms with Gasteiger partial charge in [-0.15, -0.1) is 11.3 Å². The summed E-state index contributed by atoms with van der Waals surface area (Å²) in [5.74, 6) is 0.571. The molecule has 0 radical (unpaired) electrons. The molecule has 0 spiro atoms. The number of fused-ring (bicyclic) bond motifs is 9. The molecule has 0 aliphatic heterocycles. The molecule has 0 saturated heterocycles. The highest BCUT2D eigenvalue weighted by molar-refractivity contribution is 7.26. The molecule has 0 aliphatic carbocycles. The van der Waals surface area contributed by atoms with Crippen LogP contribution in [0.5, 0.6) is 0 Å². The van der Waals surface area contributed by atoms with E-state index in [0.29, 0.717) is 22.8 Å². The Bertz CT molecular complexity index is 4540. The minimum atomic E-state index is -0.493. The molecule has 14 rings (SSSR count). The number of thiophene rings is 1. The lowest BCUT2D eigenvalue weighted by Crippen LogP contribution is -2.02. The van der Waals surface area contributed by atoms with E-state index in [1.54, 1.807) is 11.3 Å². The Hall–Kier alpha value is -8.97. The first-order chi connectivity index (χ1) is 36.3. The lowest BCUT2D eigenvalue weighted by molar-refractivity contribution is 1.08. The van der Waals surface area contributed by atoms with Gasteiger partial charge in [-0.05, 0) is 82.9 Å². The maximum absolute atomic E-state index is 9.24. The lowest BCUT2D eigenvalue weighted by Gasteiger charge is -2.14. The SMILES string of the molecule is [2H]c1c([2H])c([2H])c(-c2nc(-c3cc(-n4c5ccccc5c5ccccc54)cc4c3sc3cccc(-c5cccc(-c6ccccc6)c5)c34)nc(-c3cccc4c3c3ccccc3n4-c3ccccc3)n2)c([2H])c1[2H]. The predicted molar refractivity (Wildman–Crippen MR) is 289 cm³/mol. The van der Waals surface area contributed by atoms with Gasteiger partial charge in [-0.3, -0.25) is 0 Å². The standard InChI is InChI=1S/C63H39N5S/c1-4-19-40(20-5-1)42-23-16-24-43(37-42)46-30-18-36-57-59(46)51-38-45(68-53-32-13-10-27-47(53)48-28-11-14-33-54(48)68)39-52(60(51)69-57)63-65-61(41-21-6-2-7-22-41)64-62(66-63)50-31-17-35-56-58(50)49-29-12-15-34-55(49)67(56)44-25-8-3-9-26-44/h1-39H/i2D,6D,7D,21D,22D. The first kappa shape index (κ1) is 34.4. The van der Waals surface area contributed by atoms with E-state index in [1.165, 1.54) is 0 Å². The van der Waals surface area contributed by atoms with Gasteiger partial charge in [0.15, 0.2) is 17.5 Å². The number of aromatic nitrogens is 5. The highest BCUT2D eigenvalue weighted by Crippen LogP contribution is 2.47. The summed E-state index contributed by atoms with van der Waals surface area (Å²) in [4.78, 5) is 15.8. The van der Waals surface area contributed by atoms with Crippen LogP contribution >= 0.6 is 11.3 Å². The Kier molecular flexibility index (Phi) is 7.89. The quantitative estimate of drug-likeness (QED) is 0.160. The molecule has 0 amide bonds. The van der Waals surface area contributed by atoms with Gasteiger partial charge in [-0.2, -0.15) is 0 Å². The van der Waals surface area contributed by atoms with Gasteiger partial charge in [0, 0.05) is 69.8 Å². The molecule has 0 atom stereocenters. The number of benzene rings is 10. The van der Waals surface area contributed by atoms with E-state index in [0.717, 1.165) is 97.4 Å². The number of nitrogens with zero attached hydrogens (tertiary/aromatic N) is 5. The van der Waals surface area contributed by atoms with Crippen molar-refractivity contribution in [3.8, 4) is 67.8 Å². The third-order valence-electron chi connectivity index (χ3n) is 13.3. The largest absolute Gasteiger partial charge is 0.309 e. The van der Waals surface area contributed by atoms with Crippen molar-refractivity contribution in [3.05, 3.63) is 236 Å². The first-order valence-electron chi connectivity index (χ1n) is 25.4. The maximum Gasteiger partial charge on any atom is 0.165 e. The molecule has 322 valence electrons. The summed E-state index contributed by atoms with van der Waals surface area (Å²) in [5, 5.41) is 6.21. The van der Waals surface area contributed by atoms with Crippen molar-refractivity contribution in [2.24, 2.45) is 0 Å². The maximum atomic E-state index is 9.24. The molecule has 5 nitrogen and oxygen atoms in total. The Morgan fingerprint density at radius 3 is 1.65 bits per heavy atom. The minimum absolute atomic E-state index is 0.0271. The number of rotatable bonds is 7. The molecule has 10 aromatic carbocycles. The highest BCUT2D eigenvalue weighted by atomic mass is 32.1. The number of hydrogen-bond acceptors (Lipinski definition) is 4. The number of para-hydroxylation sites is 4. The zero-order valence-electron chi connectivity index (χ0n) is 41.8. The Morgan fingerprint density at radius 2 is 0.899 bits per heavy atom. The fourth-order valence-corrected chi connectivity index (χ4v) is 11.5. The van der Waals surface area contributed by atoms with Gasteiger partial charge in [0.2, 0.25) is 0 Å². The molecule has 0 saturated carbocycles. The van der Waals surface area contributed by atoms with Crippen LogP contribution in [0.2, 0.25) is 0 Å². The van der Waals surface area contributed by atoms with E-state index in [9.17, 15) is 2.74 Å². The molecule has 4 aromatic heterocycles. The molecule has 6 heteroatoms.